The molecule has 10 heteroatoms. The Morgan fingerprint density at radius 1 is 1.03 bits per heavy atom. The van der Waals surface area contributed by atoms with Crippen LogP contribution in [0.2, 0.25) is 5.02 Å². The largest absolute Gasteiger partial charge is 0.495 e. The number of hydrogen-bond acceptors (Lipinski definition) is 6. The van der Waals surface area contributed by atoms with Crippen molar-refractivity contribution in [3.05, 3.63) is 84.3 Å². The lowest BCUT2D eigenvalue weighted by molar-refractivity contribution is 0.244. The summed E-state index contributed by atoms with van der Waals surface area (Å²) in [7, 11) is -2.57. The van der Waals surface area contributed by atoms with E-state index in [1.165, 1.54) is 25.4 Å². The van der Waals surface area contributed by atoms with Crippen molar-refractivity contribution in [3.8, 4) is 28.1 Å². The lowest BCUT2D eigenvalue weighted by Gasteiger charge is -2.07. The summed E-state index contributed by atoms with van der Waals surface area (Å²) in [6.45, 7) is 0. The number of amides is 1. The molecule has 0 saturated carbocycles. The molecule has 4 aromatic rings. The number of carbonyl (C=O) groups is 1. The second-order valence-electron chi connectivity index (χ2n) is 6.64. The van der Waals surface area contributed by atoms with Crippen molar-refractivity contribution < 1.29 is 17.9 Å². The number of ether oxygens (including phenoxy) is 1. The van der Waals surface area contributed by atoms with Gasteiger partial charge in [-0.1, -0.05) is 35.9 Å². The quantitative estimate of drug-likeness (QED) is 0.470. The van der Waals surface area contributed by atoms with Crippen molar-refractivity contribution in [2.24, 2.45) is 0 Å². The van der Waals surface area contributed by atoms with Gasteiger partial charge in [0.15, 0.2) is 0 Å². The van der Waals surface area contributed by atoms with Gasteiger partial charge >= 0.3 is 6.03 Å². The predicted octanol–water partition coefficient (Wildman–Crippen LogP) is 4.22. The normalized spacial score (nSPS) is 11.2. The molecule has 0 aliphatic rings. The number of methoxy groups -OCH3 is 1. The minimum Gasteiger partial charge on any atom is -0.495 e. The second kappa shape index (κ2) is 8.81. The van der Waals surface area contributed by atoms with Gasteiger partial charge in [0.1, 0.15) is 11.4 Å². The molecule has 0 saturated heterocycles. The first kappa shape index (κ1) is 21.5. The molecule has 4 rings (SSSR count). The molecule has 32 heavy (non-hydrogen) atoms. The fraction of sp³-hybridized carbons (Fsp3) is 0.0455. The highest BCUT2D eigenvalue weighted by molar-refractivity contribution is 7.90. The number of sulfonamides is 1. The molecular weight excluding hydrogens is 452 g/mol. The van der Waals surface area contributed by atoms with Crippen molar-refractivity contribution >= 4 is 27.7 Å². The first-order chi connectivity index (χ1) is 15.4. The van der Waals surface area contributed by atoms with E-state index in [4.69, 9.17) is 16.3 Å². The van der Waals surface area contributed by atoms with Crippen LogP contribution in [0.25, 0.3) is 22.4 Å². The Bertz CT molecular complexity index is 1370. The van der Waals surface area contributed by atoms with Crippen LogP contribution < -0.4 is 9.46 Å². The molecule has 0 radical (unpaired) electrons. The predicted molar refractivity (Wildman–Crippen MR) is 120 cm³/mol. The Morgan fingerprint density at radius 3 is 2.44 bits per heavy atom. The van der Waals surface area contributed by atoms with Crippen LogP contribution in [0, 0.1) is 0 Å². The van der Waals surface area contributed by atoms with Crippen molar-refractivity contribution in [2.45, 2.75) is 4.90 Å². The first-order valence-corrected chi connectivity index (χ1v) is 11.2. The minimum absolute atomic E-state index is 0.0301. The van der Waals surface area contributed by atoms with E-state index in [1.54, 1.807) is 60.9 Å². The van der Waals surface area contributed by atoms with Gasteiger partial charge in [0.2, 0.25) is 0 Å². The highest BCUT2D eigenvalue weighted by atomic mass is 35.5. The molecule has 162 valence electrons. The molecule has 1 N–H and O–H groups in total. The Hall–Kier alpha value is -3.69. The molecule has 0 spiro atoms. The van der Waals surface area contributed by atoms with Crippen LogP contribution in [0.4, 0.5) is 4.79 Å². The molecule has 8 nitrogen and oxygen atoms in total. The number of rotatable bonds is 5. The molecule has 2 aromatic heterocycles. The maximum atomic E-state index is 12.8. The van der Waals surface area contributed by atoms with Gasteiger partial charge in [0.25, 0.3) is 10.0 Å². The zero-order chi connectivity index (χ0) is 22.7. The maximum Gasteiger partial charge on any atom is 0.355 e. The third-order valence-corrected chi connectivity index (χ3v) is 6.26. The summed E-state index contributed by atoms with van der Waals surface area (Å²) in [6, 6.07) is 15.3. The fourth-order valence-electron chi connectivity index (χ4n) is 3.06. The van der Waals surface area contributed by atoms with Gasteiger partial charge in [-0.2, -0.15) is 9.78 Å². The van der Waals surface area contributed by atoms with E-state index in [-0.39, 0.29) is 4.90 Å². The highest BCUT2D eigenvalue weighted by Crippen LogP contribution is 2.35. The van der Waals surface area contributed by atoms with E-state index in [1.807, 2.05) is 4.72 Å². The molecule has 1 amide bonds. The third-order valence-electron chi connectivity index (χ3n) is 4.61. The number of hydrogen-bond donors (Lipinski definition) is 1. The lowest BCUT2D eigenvalue weighted by atomic mass is 10.0. The zero-order valence-corrected chi connectivity index (χ0v) is 18.3. The smallest absolute Gasteiger partial charge is 0.355 e. The van der Waals surface area contributed by atoms with Crippen LogP contribution in [0.3, 0.4) is 0 Å². The number of halogens is 1. The minimum atomic E-state index is -4.06. The Kier molecular flexibility index (Phi) is 5.93. The summed E-state index contributed by atoms with van der Waals surface area (Å²) in [5.41, 5.74) is 2.42. The van der Waals surface area contributed by atoms with E-state index < -0.39 is 16.1 Å². The van der Waals surface area contributed by atoms with Crippen LogP contribution in [-0.4, -0.2) is 36.3 Å². The maximum absolute atomic E-state index is 12.8. The van der Waals surface area contributed by atoms with Gasteiger partial charge in [-0.05, 0) is 42.0 Å². The zero-order valence-electron chi connectivity index (χ0n) is 16.8. The summed E-state index contributed by atoms with van der Waals surface area (Å²) in [5.74, 6) is 0.440. The van der Waals surface area contributed by atoms with Crippen molar-refractivity contribution in [3.63, 3.8) is 0 Å². The fourth-order valence-corrected chi connectivity index (χ4v) is 4.21. The number of nitrogens with one attached hydrogen (secondary N) is 1. The van der Waals surface area contributed by atoms with Gasteiger partial charge in [-0.15, -0.1) is 0 Å². The summed E-state index contributed by atoms with van der Waals surface area (Å²) < 4.78 is 33.4. The number of benzene rings is 2. The SMILES string of the molecule is COc1cc(-c2nn(C(=O)NS(=O)(=O)c3ccccc3)cc2-c2ccncc2)ccc1Cl. The van der Waals surface area contributed by atoms with E-state index in [0.717, 1.165) is 10.2 Å². The molecule has 0 unspecified atom stereocenters. The van der Waals surface area contributed by atoms with Crippen LogP contribution >= 0.6 is 11.6 Å². The molecule has 0 fully saturated rings. The van der Waals surface area contributed by atoms with E-state index >= 15 is 0 Å². The third kappa shape index (κ3) is 4.34. The average Bonchev–Trinajstić information content (AvgIpc) is 3.26. The van der Waals surface area contributed by atoms with E-state index in [0.29, 0.717) is 27.6 Å². The summed E-state index contributed by atoms with van der Waals surface area (Å²) in [4.78, 5) is 16.8. The monoisotopic (exact) mass is 468 g/mol. The van der Waals surface area contributed by atoms with Gasteiger partial charge in [0, 0.05) is 29.7 Å². The van der Waals surface area contributed by atoms with Crippen molar-refractivity contribution in [1.29, 1.82) is 0 Å². The molecule has 2 heterocycles. The average molecular weight is 469 g/mol. The molecule has 0 bridgehead atoms. The Labute approximate surface area is 189 Å². The second-order valence-corrected chi connectivity index (χ2v) is 8.73. The summed E-state index contributed by atoms with van der Waals surface area (Å²) in [5, 5.41) is 4.78. The summed E-state index contributed by atoms with van der Waals surface area (Å²) >= 11 is 6.14. The van der Waals surface area contributed by atoms with Crippen LogP contribution in [-0.2, 0) is 10.0 Å². The van der Waals surface area contributed by atoms with Crippen LogP contribution in [0.1, 0.15) is 0 Å². The van der Waals surface area contributed by atoms with E-state index in [9.17, 15) is 13.2 Å². The van der Waals surface area contributed by atoms with Gasteiger partial charge < -0.3 is 4.74 Å². The first-order valence-electron chi connectivity index (χ1n) is 9.35. The van der Waals surface area contributed by atoms with Crippen LogP contribution in [0.15, 0.2) is 84.1 Å². The standard InChI is InChI=1S/C22H17ClN4O4S/c1-31-20-13-16(7-8-19(20)23)21-18(15-9-11-24-12-10-15)14-27(25-21)22(28)26-32(29,30)17-5-3-2-4-6-17/h2-14H,1H3,(H,26,28). The Morgan fingerprint density at radius 2 is 1.75 bits per heavy atom. The molecule has 0 aliphatic heterocycles. The van der Waals surface area contributed by atoms with Crippen molar-refractivity contribution in [2.75, 3.05) is 7.11 Å². The van der Waals surface area contributed by atoms with Gasteiger partial charge in [0.05, 0.1) is 17.0 Å². The number of pyridine rings is 1. The number of nitrogens with zero attached hydrogens (tertiary/aromatic N) is 3. The number of aromatic nitrogens is 3. The van der Waals surface area contributed by atoms with Gasteiger partial charge in [-0.25, -0.2) is 17.9 Å². The molecule has 0 aliphatic carbocycles. The van der Waals surface area contributed by atoms with Crippen molar-refractivity contribution in [1.82, 2.24) is 19.5 Å². The molecule has 2 aromatic carbocycles. The topological polar surface area (TPSA) is 103 Å². The number of carbonyl (C=O) groups excluding carboxylic acids is 1. The van der Waals surface area contributed by atoms with Crippen LogP contribution in [0.5, 0.6) is 5.75 Å². The van der Waals surface area contributed by atoms with Gasteiger partial charge in [-0.3, -0.25) is 4.98 Å². The Balaban J connectivity index is 1.77. The summed E-state index contributed by atoms with van der Waals surface area (Å²) in [6.07, 6.45) is 4.68. The molecule has 0 atom stereocenters. The molecular formula is C22H17ClN4O4S. The lowest BCUT2D eigenvalue weighted by Crippen LogP contribution is -2.34. The van der Waals surface area contributed by atoms with E-state index in [2.05, 4.69) is 10.1 Å². The highest BCUT2D eigenvalue weighted by Gasteiger charge is 2.22.